The van der Waals surface area contributed by atoms with E-state index in [-0.39, 0.29) is 11.6 Å². The van der Waals surface area contributed by atoms with Crippen LogP contribution in [0, 0.1) is 0 Å². The zero-order valence-electron chi connectivity index (χ0n) is 10.6. The summed E-state index contributed by atoms with van der Waals surface area (Å²) in [6.45, 7) is 1.46. The highest BCUT2D eigenvalue weighted by Crippen LogP contribution is 2.43. The summed E-state index contributed by atoms with van der Waals surface area (Å²) in [6, 6.07) is 5.86. The van der Waals surface area contributed by atoms with Crippen molar-refractivity contribution in [1.29, 1.82) is 0 Å². The molecule has 98 valence electrons. The summed E-state index contributed by atoms with van der Waals surface area (Å²) < 4.78 is 17.0. The Balaban J connectivity index is 1.94. The smallest absolute Gasteiger partial charge is 0.134 e. The predicted octanol–water partition coefficient (Wildman–Crippen LogP) is 2.03. The van der Waals surface area contributed by atoms with Crippen molar-refractivity contribution in [2.45, 2.75) is 30.9 Å². The molecule has 0 amide bonds. The molecule has 0 bridgehead atoms. The van der Waals surface area contributed by atoms with Gasteiger partial charge in [0.25, 0.3) is 0 Å². The second-order valence-electron chi connectivity index (χ2n) is 5.16. The third-order valence-corrected chi connectivity index (χ3v) is 3.82. The Morgan fingerprint density at radius 3 is 3.06 bits per heavy atom. The van der Waals surface area contributed by atoms with Crippen molar-refractivity contribution in [2.24, 2.45) is 5.73 Å². The summed E-state index contributed by atoms with van der Waals surface area (Å²) in [6.07, 6.45) is 2.87. The molecule has 1 spiro atoms. The highest BCUT2D eigenvalue weighted by Gasteiger charge is 2.41. The summed E-state index contributed by atoms with van der Waals surface area (Å²) >= 11 is 0. The maximum absolute atomic E-state index is 6.27. The van der Waals surface area contributed by atoms with Crippen molar-refractivity contribution in [3.05, 3.63) is 23.8 Å². The van der Waals surface area contributed by atoms with E-state index in [1.54, 1.807) is 7.11 Å². The van der Waals surface area contributed by atoms with E-state index >= 15 is 0 Å². The highest BCUT2D eigenvalue weighted by molar-refractivity contribution is 5.44. The highest BCUT2D eigenvalue weighted by atomic mass is 16.5. The van der Waals surface area contributed by atoms with E-state index in [2.05, 4.69) is 0 Å². The predicted molar refractivity (Wildman–Crippen MR) is 68.0 cm³/mol. The standard InChI is InChI=1S/C14H19NO3/c1-16-10-3-4-11-12(15)8-14(18-13(11)7-10)5-2-6-17-9-14/h3-4,7,12H,2,5-6,8-9,15H2,1H3/t12-,14?/m0/s1. The Labute approximate surface area is 107 Å². The van der Waals surface area contributed by atoms with Gasteiger partial charge in [0.05, 0.1) is 13.7 Å². The van der Waals surface area contributed by atoms with E-state index < -0.39 is 0 Å². The molecule has 2 N–H and O–H groups in total. The fourth-order valence-corrected chi connectivity index (χ4v) is 2.89. The van der Waals surface area contributed by atoms with Crippen molar-refractivity contribution in [3.63, 3.8) is 0 Å². The lowest BCUT2D eigenvalue weighted by Crippen LogP contribution is -2.49. The van der Waals surface area contributed by atoms with Crippen molar-refractivity contribution in [3.8, 4) is 11.5 Å². The number of ether oxygens (including phenoxy) is 3. The van der Waals surface area contributed by atoms with Crippen LogP contribution in [0.1, 0.15) is 30.9 Å². The minimum atomic E-state index is -0.239. The van der Waals surface area contributed by atoms with Gasteiger partial charge in [-0.2, -0.15) is 0 Å². The Hall–Kier alpha value is -1.26. The van der Waals surface area contributed by atoms with Crippen molar-refractivity contribution < 1.29 is 14.2 Å². The molecule has 2 aliphatic rings. The number of hydrogen-bond donors (Lipinski definition) is 1. The van der Waals surface area contributed by atoms with Crippen LogP contribution < -0.4 is 15.2 Å². The van der Waals surface area contributed by atoms with Gasteiger partial charge in [-0.05, 0) is 18.9 Å². The number of fused-ring (bicyclic) bond motifs is 1. The maximum atomic E-state index is 6.27. The SMILES string of the molecule is COc1ccc2c(c1)OC1(CCCOC1)C[C@@H]2N. The molecule has 1 saturated heterocycles. The van der Waals surface area contributed by atoms with E-state index in [1.165, 1.54) is 0 Å². The lowest BCUT2D eigenvalue weighted by molar-refractivity contribution is -0.0833. The van der Waals surface area contributed by atoms with Gasteiger partial charge in [0.1, 0.15) is 17.1 Å². The van der Waals surface area contributed by atoms with Gasteiger partial charge in [-0.15, -0.1) is 0 Å². The molecule has 4 nitrogen and oxygen atoms in total. The molecule has 2 heterocycles. The fraction of sp³-hybridized carbons (Fsp3) is 0.571. The van der Waals surface area contributed by atoms with Crippen molar-refractivity contribution in [2.75, 3.05) is 20.3 Å². The van der Waals surface area contributed by atoms with Gasteiger partial charge >= 0.3 is 0 Å². The van der Waals surface area contributed by atoms with Gasteiger partial charge in [-0.25, -0.2) is 0 Å². The summed E-state index contributed by atoms with van der Waals surface area (Å²) in [7, 11) is 1.66. The van der Waals surface area contributed by atoms with Gasteiger partial charge < -0.3 is 19.9 Å². The Morgan fingerprint density at radius 1 is 1.44 bits per heavy atom. The maximum Gasteiger partial charge on any atom is 0.134 e. The first-order chi connectivity index (χ1) is 8.72. The largest absolute Gasteiger partial charge is 0.497 e. The first kappa shape index (κ1) is 11.8. The van der Waals surface area contributed by atoms with Crippen LogP contribution in [0.3, 0.4) is 0 Å². The molecule has 0 aromatic heterocycles. The van der Waals surface area contributed by atoms with Crippen LogP contribution in [-0.2, 0) is 4.74 Å². The number of methoxy groups -OCH3 is 1. The van der Waals surface area contributed by atoms with Gasteiger partial charge in [-0.1, -0.05) is 6.07 Å². The average molecular weight is 249 g/mol. The van der Waals surface area contributed by atoms with Crippen LogP contribution >= 0.6 is 0 Å². The number of benzene rings is 1. The topological polar surface area (TPSA) is 53.7 Å². The summed E-state index contributed by atoms with van der Waals surface area (Å²) in [5.41, 5.74) is 7.09. The van der Waals surface area contributed by atoms with Crippen LogP contribution in [0.5, 0.6) is 11.5 Å². The second-order valence-corrected chi connectivity index (χ2v) is 5.16. The van der Waals surface area contributed by atoms with Gasteiger partial charge in [0.15, 0.2) is 0 Å². The lowest BCUT2D eigenvalue weighted by Gasteiger charge is -2.43. The zero-order valence-corrected chi connectivity index (χ0v) is 10.6. The van der Waals surface area contributed by atoms with E-state index in [4.69, 9.17) is 19.9 Å². The van der Waals surface area contributed by atoms with E-state index in [1.807, 2.05) is 18.2 Å². The molecular weight excluding hydrogens is 230 g/mol. The molecule has 2 aliphatic heterocycles. The zero-order chi connectivity index (χ0) is 12.6. The summed E-state index contributed by atoms with van der Waals surface area (Å²) in [5, 5.41) is 0. The van der Waals surface area contributed by atoms with E-state index in [0.717, 1.165) is 42.9 Å². The van der Waals surface area contributed by atoms with Crippen molar-refractivity contribution >= 4 is 0 Å². The Bertz CT molecular complexity index is 441. The van der Waals surface area contributed by atoms with Gasteiger partial charge in [0, 0.05) is 30.7 Å². The lowest BCUT2D eigenvalue weighted by atomic mass is 9.84. The average Bonchev–Trinajstić information content (AvgIpc) is 2.38. The molecule has 1 unspecified atom stereocenters. The van der Waals surface area contributed by atoms with E-state index in [0.29, 0.717) is 6.61 Å². The van der Waals surface area contributed by atoms with E-state index in [9.17, 15) is 0 Å². The molecule has 2 atom stereocenters. The van der Waals surface area contributed by atoms with Crippen molar-refractivity contribution in [1.82, 2.24) is 0 Å². The minimum absolute atomic E-state index is 0.0151. The van der Waals surface area contributed by atoms with Crippen LogP contribution in [0.4, 0.5) is 0 Å². The van der Waals surface area contributed by atoms with Crippen LogP contribution in [0.2, 0.25) is 0 Å². The molecule has 0 radical (unpaired) electrons. The fourth-order valence-electron chi connectivity index (χ4n) is 2.89. The van der Waals surface area contributed by atoms with Crippen LogP contribution in [-0.4, -0.2) is 25.9 Å². The monoisotopic (exact) mass is 249 g/mol. The summed E-state index contributed by atoms with van der Waals surface area (Å²) in [5.74, 6) is 1.65. The number of hydrogen-bond acceptors (Lipinski definition) is 4. The molecule has 1 fully saturated rings. The molecule has 0 aliphatic carbocycles. The minimum Gasteiger partial charge on any atom is -0.497 e. The second kappa shape index (κ2) is 4.44. The van der Waals surface area contributed by atoms with Gasteiger partial charge in [-0.3, -0.25) is 0 Å². The normalized spacial score (nSPS) is 30.7. The molecule has 4 heteroatoms. The third kappa shape index (κ3) is 1.95. The van der Waals surface area contributed by atoms with Gasteiger partial charge in [0.2, 0.25) is 0 Å². The molecule has 1 aromatic carbocycles. The molecular formula is C14H19NO3. The first-order valence-corrected chi connectivity index (χ1v) is 6.43. The quantitative estimate of drug-likeness (QED) is 0.827. The summed E-state index contributed by atoms with van der Waals surface area (Å²) in [4.78, 5) is 0. The Kier molecular flexibility index (Phi) is 2.92. The first-order valence-electron chi connectivity index (χ1n) is 6.43. The third-order valence-electron chi connectivity index (χ3n) is 3.82. The van der Waals surface area contributed by atoms with Crippen LogP contribution in [0.25, 0.3) is 0 Å². The molecule has 1 aromatic rings. The van der Waals surface area contributed by atoms with Crippen LogP contribution in [0.15, 0.2) is 18.2 Å². The molecule has 3 rings (SSSR count). The Morgan fingerprint density at radius 2 is 2.33 bits per heavy atom. The number of rotatable bonds is 1. The molecule has 18 heavy (non-hydrogen) atoms. The molecule has 0 saturated carbocycles. The number of nitrogens with two attached hydrogens (primary N) is 1.